The third kappa shape index (κ3) is 7.30. The van der Waals surface area contributed by atoms with E-state index >= 15 is 0 Å². The van der Waals surface area contributed by atoms with Crippen molar-refractivity contribution in [1.29, 1.82) is 0 Å². The third-order valence-electron chi connectivity index (χ3n) is 5.81. The number of anilines is 3. The normalized spacial score (nSPS) is 13.6. The van der Waals surface area contributed by atoms with Crippen molar-refractivity contribution in [3.8, 4) is 11.8 Å². The molecule has 0 radical (unpaired) electrons. The van der Waals surface area contributed by atoms with E-state index in [1.54, 1.807) is 18.3 Å². The molecule has 1 aliphatic rings. The molecule has 3 aromatic rings. The first-order valence-corrected chi connectivity index (χ1v) is 12.3. The fraction of sp³-hybridized carbons (Fsp3) is 0.407. The fourth-order valence-corrected chi connectivity index (χ4v) is 3.86. The van der Waals surface area contributed by atoms with Gasteiger partial charge in [-0.2, -0.15) is 0 Å². The van der Waals surface area contributed by atoms with Crippen LogP contribution in [0.25, 0.3) is 0 Å². The first kappa shape index (κ1) is 25.2. The number of nitrogens with zero attached hydrogens (tertiary/aromatic N) is 4. The van der Waals surface area contributed by atoms with E-state index in [4.69, 9.17) is 4.52 Å². The number of benzene rings is 1. The van der Waals surface area contributed by atoms with E-state index in [9.17, 15) is 4.79 Å². The van der Waals surface area contributed by atoms with Gasteiger partial charge in [0.1, 0.15) is 17.9 Å². The Labute approximate surface area is 212 Å². The van der Waals surface area contributed by atoms with Crippen molar-refractivity contribution in [3.63, 3.8) is 0 Å². The summed E-state index contributed by atoms with van der Waals surface area (Å²) in [6.07, 6.45) is 6.90. The standard InChI is InChI=1S/C27H33N7O2/c1-27(2,3)23-17-24(33-36-23)32-26(35)31-22-9-6-8-20(16-22)10-11-21-18-28-19-30-25(21)29-12-7-15-34-13-4-5-14-34/h6,8-9,16-19H,4-5,7,12-15H2,1-3H3,(H,28,29,30)(H2,31,32,33,35). The van der Waals surface area contributed by atoms with Crippen molar-refractivity contribution in [2.45, 2.75) is 45.4 Å². The van der Waals surface area contributed by atoms with Crippen molar-refractivity contribution < 1.29 is 9.32 Å². The van der Waals surface area contributed by atoms with Crippen molar-refractivity contribution >= 4 is 23.4 Å². The molecule has 188 valence electrons. The quantitative estimate of drug-likeness (QED) is 0.327. The molecule has 0 unspecified atom stereocenters. The monoisotopic (exact) mass is 487 g/mol. The molecule has 9 heteroatoms. The smallest absolute Gasteiger partial charge is 0.324 e. The maximum absolute atomic E-state index is 12.4. The van der Waals surface area contributed by atoms with Crippen LogP contribution in [0.3, 0.4) is 0 Å². The van der Waals surface area contributed by atoms with Crippen LogP contribution in [0.4, 0.5) is 22.1 Å². The van der Waals surface area contributed by atoms with Gasteiger partial charge in [0.25, 0.3) is 0 Å². The minimum Gasteiger partial charge on any atom is -0.369 e. The molecule has 0 spiro atoms. The average molecular weight is 488 g/mol. The zero-order chi connectivity index (χ0) is 25.4. The van der Waals surface area contributed by atoms with Crippen LogP contribution in [-0.4, -0.2) is 52.2 Å². The van der Waals surface area contributed by atoms with Gasteiger partial charge in [0.05, 0.1) is 5.56 Å². The zero-order valence-corrected chi connectivity index (χ0v) is 21.1. The molecule has 1 aliphatic heterocycles. The van der Waals surface area contributed by atoms with E-state index in [-0.39, 0.29) is 5.41 Å². The van der Waals surface area contributed by atoms with Crippen LogP contribution in [0.2, 0.25) is 0 Å². The van der Waals surface area contributed by atoms with E-state index in [2.05, 4.69) is 47.8 Å². The van der Waals surface area contributed by atoms with E-state index in [1.165, 1.54) is 32.3 Å². The Balaban J connectivity index is 1.33. The molecule has 0 saturated carbocycles. The Morgan fingerprint density at radius 3 is 2.75 bits per heavy atom. The van der Waals surface area contributed by atoms with Crippen molar-refractivity contribution in [3.05, 3.63) is 59.7 Å². The third-order valence-corrected chi connectivity index (χ3v) is 5.81. The van der Waals surface area contributed by atoms with Crippen molar-refractivity contribution in [2.24, 2.45) is 0 Å². The number of aromatic nitrogens is 3. The van der Waals surface area contributed by atoms with Crippen LogP contribution in [0.5, 0.6) is 0 Å². The Bertz CT molecular complexity index is 1230. The molecule has 36 heavy (non-hydrogen) atoms. The number of carbonyl (C=O) groups excluding carboxylic acids is 1. The molecule has 4 rings (SSSR count). The zero-order valence-electron chi connectivity index (χ0n) is 21.1. The number of nitrogens with one attached hydrogen (secondary N) is 3. The van der Waals surface area contributed by atoms with Gasteiger partial charge >= 0.3 is 6.03 Å². The minimum atomic E-state index is -0.411. The highest BCUT2D eigenvalue weighted by Gasteiger charge is 2.20. The number of amides is 2. The number of urea groups is 1. The number of hydrogen-bond acceptors (Lipinski definition) is 7. The Morgan fingerprint density at radius 1 is 1.14 bits per heavy atom. The van der Waals surface area contributed by atoms with Crippen LogP contribution >= 0.6 is 0 Å². The number of carbonyl (C=O) groups is 1. The van der Waals surface area contributed by atoms with Crippen LogP contribution in [0.1, 0.15) is 56.9 Å². The Morgan fingerprint density at radius 2 is 1.97 bits per heavy atom. The summed E-state index contributed by atoms with van der Waals surface area (Å²) in [5.41, 5.74) is 1.91. The lowest BCUT2D eigenvalue weighted by atomic mass is 9.93. The highest BCUT2D eigenvalue weighted by molar-refractivity contribution is 5.99. The highest BCUT2D eigenvalue weighted by atomic mass is 16.5. The van der Waals surface area contributed by atoms with Crippen molar-refractivity contribution in [1.82, 2.24) is 20.0 Å². The second kappa shape index (κ2) is 11.7. The van der Waals surface area contributed by atoms with Crippen LogP contribution in [0, 0.1) is 11.8 Å². The molecule has 3 N–H and O–H groups in total. The summed E-state index contributed by atoms with van der Waals surface area (Å²) in [5.74, 6) is 8.08. The molecule has 1 aromatic carbocycles. The summed E-state index contributed by atoms with van der Waals surface area (Å²) in [4.78, 5) is 23.4. The van der Waals surface area contributed by atoms with Gasteiger partial charge in [0, 0.05) is 35.5 Å². The Hall–Kier alpha value is -3.90. The summed E-state index contributed by atoms with van der Waals surface area (Å²) in [7, 11) is 0. The number of hydrogen-bond donors (Lipinski definition) is 3. The topological polar surface area (TPSA) is 108 Å². The molecule has 0 aliphatic carbocycles. The molecular formula is C27H33N7O2. The number of likely N-dealkylation sites (tertiary alicyclic amines) is 1. The van der Waals surface area contributed by atoms with Gasteiger partial charge in [-0.25, -0.2) is 14.8 Å². The molecule has 3 heterocycles. The lowest BCUT2D eigenvalue weighted by Gasteiger charge is -2.14. The van der Waals surface area contributed by atoms with E-state index in [0.717, 1.165) is 36.5 Å². The SMILES string of the molecule is CC(C)(C)c1cc(NC(=O)Nc2cccc(C#Cc3cncnc3NCCCN3CCCC3)c2)no1. The Kier molecular flexibility index (Phi) is 8.18. The van der Waals surface area contributed by atoms with Crippen LogP contribution in [0.15, 0.2) is 47.4 Å². The van der Waals surface area contributed by atoms with Gasteiger partial charge in [-0.05, 0) is 57.1 Å². The van der Waals surface area contributed by atoms with Gasteiger partial charge in [-0.15, -0.1) is 0 Å². The van der Waals surface area contributed by atoms with Gasteiger partial charge in [0.15, 0.2) is 5.82 Å². The lowest BCUT2D eigenvalue weighted by molar-refractivity contribution is 0.262. The minimum absolute atomic E-state index is 0.191. The predicted octanol–water partition coefficient (Wildman–Crippen LogP) is 4.70. The number of rotatable bonds is 7. The lowest BCUT2D eigenvalue weighted by Crippen LogP contribution is -2.22. The van der Waals surface area contributed by atoms with Gasteiger partial charge in [0.2, 0.25) is 0 Å². The predicted molar refractivity (Wildman–Crippen MR) is 141 cm³/mol. The summed E-state index contributed by atoms with van der Waals surface area (Å²) in [6.45, 7) is 10.4. The molecular weight excluding hydrogens is 454 g/mol. The average Bonchev–Trinajstić information content (AvgIpc) is 3.53. The molecule has 1 saturated heterocycles. The van der Waals surface area contributed by atoms with E-state index in [1.807, 2.05) is 39.0 Å². The summed E-state index contributed by atoms with van der Waals surface area (Å²) in [6, 6.07) is 8.64. The van der Waals surface area contributed by atoms with E-state index < -0.39 is 6.03 Å². The molecule has 2 amide bonds. The first-order valence-electron chi connectivity index (χ1n) is 12.3. The summed E-state index contributed by atoms with van der Waals surface area (Å²) >= 11 is 0. The van der Waals surface area contributed by atoms with Gasteiger partial charge in [-0.1, -0.05) is 43.8 Å². The second-order valence-electron chi connectivity index (χ2n) is 9.85. The largest absolute Gasteiger partial charge is 0.369 e. The molecule has 1 fully saturated rings. The molecule has 0 bridgehead atoms. The van der Waals surface area contributed by atoms with Gasteiger partial charge in [-0.3, -0.25) is 5.32 Å². The molecule has 0 atom stereocenters. The molecule has 2 aromatic heterocycles. The summed E-state index contributed by atoms with van der Waals surface area (Å²) in [5, 5.41) is 12.8. The molecule has 9 nitrogen and oxygen atoms in total. The van der Waals surface area contributed by atoms with Crippen molar-refractivity contribution in [2.75, 3.05) is 42.1 Å². The van der Waals surface area contributed by atoms with E-state index in [0.29, 0.717) is 17.3 Å². The fourth-order valence-electron chi connectivity index (χ4n) is 3.86. The maximum atomic E-state index is 12.4. The van der Waals surface area contributed by atoms with Crippen LogP contribution < -0.4 is 16.0 Å². The van der Waals surface area contributed by atoms with Gasteiger partial charge < -0.3 is 20.1 Å². The summed E-state index contributed by atoms with van der Waals surface area (Å²) < 4.78 is 5.31. The van der Waals surface area contributed by atoms with Crippen LogP contribution in [-0.2, 0) is 5.41 Å². The second-order valence-corrected chi connectivity index (χ2v) is 9.85. The maximum Gasteiger partial charge on any atom is 0.324 e. The first-order chi connectivity index (χ1) is 17.4. The highest BCUT2D eigenvalue weighted by Crippen LogP contribution is 2.24.